The summed E-state index contributed by atoms with van der Waals surface area (Å²) in [6.45, 7) is 1.86. The molecule has 8 nitrogen and oxygen atoms in total. The summed E-state index contributed by atoms with van der Waals surface area (Å²) in [7, 11) is -3.30. The van der Waals surface area contributed by atoms with E-state index in [2.05, 4.69) is 15.0 Å². The lowest BCUT2D eigenvalue weighted by Gasteiger charge is -2.26. The molecule has 0 amide bonds. The predicted molar refractivity (Wildman–Crippen MR) is 76.4 cm³/mol. The summed E-state index contributed by atoms with van der Waals surface area (Å²) in [5, 5.41) is 2.93. The molecule has 0 bridgehead atoms. The lowest BCUT2D eigenvalue weighted by atomic mass is 10.2. The molecular weight excluding hydrogens is 296 g/mol. The highest BCUT2D eigenvalue weighted by Crippen LogP contribution is 2.32. The Morgan fingerprint density at radius 3 is 2.90 bits per heavy atom. The van der Waals surface area contributed by atoms with Crippen molar-refractivity contribution in [3.05, 3.63) is 23.8 Å². The number of hydrogen-bond acceptors (Lipinski definition) is 7. The molecule has 2 aliphatic heterocycles. The van der Waals surface area contributed by atoms with Gasteiger partial charge in [-0.1, -0.05) is 6.07 Å². The normalized spacial score (nSPS) is 18.0. The largest absolute Gasteiger partial charge is 0.454 e. The van der Waals surface area contributed by atoms with Gasteiger partial charge in [-0.3, -0.25) is 9.62 Å². The van der Waals surface area contributed by atoms with Gasteiger partial charge in [-0.2, -0.15) is 0 Å². The number of rotatable bonds is 3. The van der Waals surface area contributed by atoms with Crippen LogP contribution in [-0.4, -0.2) is 45.7 Å². The van der Waals surface area contributed by atoms with Crippen LogP contribution in [0.1, 0.15) is 5.56 Å². The lowest BCUT2D eigenvalue weighted by Crippen LogP contribution is -2.49. The van der Waals surface area contributed by atoms with Gasteiger partial charge in [-0.15, -0.1) is 0 Å². The van der Waals surface area contributed by atoms with E-state index in [4.69, 9.17) is 9.47 Å². The summed E-state index contributed by atoms with van der Waals surface area (Å²) >= 11 is 0. The number of guanidine groups is 1. The number of ether oxygens (including phenoxy) is 2. The highest BCUT2D eigenvalue weighted by molar-refractivity contribution is 7.89. The maximum absolute atomic E-state index is 11.1. The van der Waals surface area contributed by atoms with E-state index >= 15 is 0 Å². The Morgan fingerprint density at radius 2 is 2.19 bits per heavy atom. The fourth-order valence-electron chi connectivity index (χ4n) is 2.11. The van der Waals surface area contributed by atoms with Crippen LogP contribution in [0.25, 0.3) is 0 Å². The summed E-state index contributed by atoms with van der Waals surface area (Å²) in [5.41, 5.74) is 1.08. The molecule has 0 radical (unpaired) electrons. The minimum Gasteiger partial charge on any atom is -0.454 e. The van der Waals surface area contributed by atoms with E-state index in [0.29, 0.717) is 19.9 Å². The summed E-state index contributed by atoms with van der Waals surface area (Å²) in [5.74, 6) is 1.79. The van der Waals surface area contributed by atoms with Gasteiger partial charge >= 0.3 is 0 Å². The number of benzene rings is 1. The first-order valence-corrected chi connectivity index (χ1v) is 8.26. The molecule has 0 saturated heterocycles. The zero-order valence-electron chi connectivity index (χ0n) is 11.5. The first-order valence-electron chi connectivity index (χ1n) is 6.36. The van der Waals surface area contributed by atoms with Crippen molar-refractivity contribution in [3.8, 4) is 11.5 Å². The SMILES string of the molecule is CS(=O)(=O)NC1=NCN(Cc2ccc3c(c2)OCO3)CN1. The van der Waals surface area contributed by atoms with Gasteiger partial charge in [-0.05, 0) is 17.7 Å². The number of aliphatic imine (C=N–C) groups is 1. The van der Waals surface area contributed by atoms with Crippen LogP contribution in [0, 0.1) is 0 Å². The number of nitrogens with one attached hydrogen (secondary N) is 2. The molecule has 2 heterocycles. The van der Waals surface area contributed by atoms with Crippen LogP contribution in [0.5, 0.6) is 11.5 Å². The Morgan fingerprint density at radius 1 is 1.38 bits per heavy atom. The summed E-state index contributed by atoms with van der Waals surface area (Å²) in [6.07, 6.45) is 1.09. The molecule has 0 atom stereocenters. The Bertz CT molecular complexity index is 674. The molecule has 0 aliphatic carbocycles. The van der Waals surface area contributed by atoms with Crippen LogP contribution < -0.4 is 19.5 Å². The number of nitrogens with zero attached hydrogens (tertiary/aromatic N) is 2. The van der Waals surface area contributed by atoms with Gasteiger partial charge in [0.2, 0.25) is 22.8 Å². The topological polar surface area (TPSA) is 92.3 Å². The third-order valence-corrected chi connectivity index (χ3v) is 3.59. The second-order valence-corrected chi connectivity index (χ2v) is 6.62. The van der Waals surface area contributed by atoms with E-state index in [1.807, 2.05) is 23.1 Å². The average molecular weight is 312 g/mol. The van der Waals surface area contributed by atoms with Crippen molar-refractivity contribution in [2.45, 2.75) is 6.54 Å². The fraction of sp³-hybridized carbons (Fsp3) is 0.417. The van der Waals surface area contributed by atoms with E-state index in [1.165, 1.54) is 0 Å². The van der Waals surface area contributed by atoms with E-state index in [-0.39, 0.29) is 12.8 Å². The molecule has 0 spiro atoms. The molecule has 1 aromatic carbocycles. The Hall–Kier alpha value is -2.00. The Labute approximate surface area is 122 Å². The number of fused-ring (bicyclic) bond motifs is 1. The van der Waals surface area contributed by atoms with Gasteiger partial charge in [0.25, 0.3) is 0 Å². The summed E-state index contributed by atoms with van der Waals surface area (Å²) < 4.78 is 35.2. The van der Waals surface area contributed by atoms with E-state index in [9.17, 15) is 8.42 Å². The van der Waals surface area contributed by atoms with Crippen LogP contribution in [0.15, 0.2) is 23.2 Å². The van der Waals surface area contributed by atoms with Crippen molar-refractivity contribution in [3.63, 3.8) is 0 Å². The predicted octanol–water partition coefficient (Wildman–Crippen LogP) is -0.359. The van der Waals surface area contributed by atoms with E-state index in [0.717, 1.165) is 23.3 Å². The van der Waals surface area contributed by atoms with Crippen molar-refractivity contribution < 1.29 is 17.9 Å². The van der Waals surface area contributed by atoms with Crippen LogP contribution >= 0.6 is 0 Å². The second-order valence-electron chi connectivity index (χ2n) is 4.87. The average Bonchev–Trinajstić information content (AvgIpc) is 2.87. The van der Waals surface area contributed by atoms with Crippen LogP contribution in [0.4, 0.5) is 0 Å². The zero-order chi connectivity index (χ0) is 14.9. The highest BCUT2D eigenvalue weighted by Gasteiger charge is 2.17. The number of sulfonamides is 1. The second kappa shape index (κ2) is 5.41. The van der Waals surface area contributed by atoms with Crippen molar-refractivity contribution in [1.29, 1.82) is 0 Å². The third-order valence-electron chi connectivity index (χ3n) is 3.02. The quantitative estimate of drug-likeness (QED) is 0.792. The van der Waals surface area contributed by atoms with Crippen molar-refractivity contribution in [2.24, 2.45) is 4.99 Å². The van der Waals surface area contributed by atoms with Gasteiger partial charge in [0, 0.05) is 6.54 Å². The molecule has 2 aliphatic rings. The molecule has 9 heteroatoms. The molecule has 2 N–H and O–H groups in total. The van der Waals surface area contributed by atoms with Gasteiger partial charge in [0.15, 0.2) is 11.5 Å². The smallest absolute Gasteiger partial charge is 0.232 e. The molecule has 0 fully saturated rings. The Kier molecular flexibility index (Phi) is 3.60. The van der Waals surface area contributed by atoms with Crippen LogP contribution in [-0.2, 0) is 16.6 Å². The van der Waals surface area contributed by atoms with Gasteiger partial charge in [-0.25, -0.2) is 13.4 Å². The molecule has 0 saturated carbocycles. The first kappa shape index (κ1) is 14.0. The molecule has 3 rings (SSSR count). The van der Waals surface area contributed by atoms with Gasteiger partial charge in [0.1, 0.15) is 0 Å². The standard InChI is InChI=1S/C12H16N4O4S/c1-21(17,18)15-12-13-6-16(7-14-12)5-9-2-3-10-11(4-9)20-8-19-10/h2-4H,5-8H2,1H3,(H2,13,14,15). The highest BCUT2D eigenvalue weighted by atomic mass is 32.2. The molecular formula is C12H16N4O4S. The van der Waals surface area contributed by atoms with Crippen molar-refractivity contribution in [2.75, 3.05) is 26.4 Å². The molecule has 21 heavy (non-hydrogen) atoms. The summed E-state index contributed by atoms with van der Waals surface area (Å²) in [4.78, 5) is 6.18. The monoisotopic (exact) mass is 312 g/mol. The van der Waals surface area contributed by atoms with Crippen molar-refractivity contribution >= 4 is 16.0 Å². The minimum absolute atomic E-state index is 0.259. The van der Waals surface area contributed by atoms with E-state index in [1.54, 1.807) is 0 Å². The van der Waals surface area contributed by atoms with Crippen LogP contribution in [0.3, 0.4) is 0 Å². The first-order chi connectivity index (χ1) is 9.99. The Balaban J connectivity index is 1.60. The van der Waals surface area contributed by atoms with E-state index < -0.39 is 10.0 Å². The maximum atomic E-state index is 11.1. The fourth-order valence-corrected chi connectivity index (χ4v) is 2.60. The molecule has 1 aromatic rings. The van der Waals surface area contributed by atoms with Crippen LogP contribution in [0.2, 0.25) is 0 Å². The zero-order valence-corrected chi connectivity index (χ0v) is 12.3. The lowest BCUT2D eigenvalue weighted by molar-refractivity contribution is 0.174. The molecule has 114 valence electrons. The molecule has 0 aromatic heterocycles. The van der Waals surface area contributed by atoms with Gasteiger partial charge in [0.05, 0.1) is 19.6 Å². The third kappa shape index (κ3) is 3.56. The maximum Gasteiger partial charge on any atom is 0.232 e. The van der Waals surface area contributed by atoms with Gasteiger partial charge < -0.3 is 14.8 Å². The minimum atomic E-state index is -3.30. The molecule has 0 unspecified atom stereocenters. The van der Waals surface area contributed by atoms with Crippen molar-refractivity contribution in [1.82, 2.24) is 14.9 Å². The number of hydrogen-bond donors (Lipinski definition) is 2. The summed E-state index contributed by atoms with van der Waals surface area (Å²) in [6, 6.07) is 5.80.